The van der Waals surface area contributed by atoms with Crippen molar-refractivity contribution in [1.82, 2.24) is 15.2 Å². The van der Waals surface area contributed by atoms with Crippen LogP contribution in [0.3, 0.4) is 0 Å². The molecular formula is C27H33N3O2. The summed E-state index contributed by atoms with van der Waals surface area (Å²) in [4.78, 5) is 30.8. The van der Waals surface area contributed by atoms with Crippen LogP contribution in [0.15, 0.2) is 53.3 Å². The molecular weight excluding hydrogens is 398 g/mol. The van der Waals surface area contributed by atoms with Crippen molar-refractivity contribution < 1.29 is 4.79 Å². The lowest BCUT2D eigenvalue weighted by molar-refractivity contribution is 0.187. The van der Waals surface area contributed by atoms with Crippen LogP contribution in [-0.4, -0.2) is 28.5 Å². The summed E-state index contributed by atoms with van der Waals surface area (Å²) in [6.07, 6.45) is 6.40. The molecule has 1 aliphatic carbocycles. The molecule has 2 N–H and O–H groups in total. The SMILES string of the molecule is Cc1ccc2[nH]c(=O)c(CN(CCc3ccccc3C)C(=O)NC3CCCCC3)cc2c1. The normalized spacial score (nSPS) is 14.4. The van der Waals surface area contributed by atoms with E-state index in [4.69, 9.17) is 0 Å². The Kier molecular flexibility index (Phi) is 6.93. The number of carbonyl (C=O) groups is 1. The van der Waals surface area contributed by atoms with Crippen molar-refractivity contribution >= 4 is 16.9 Å². The van der Waals surface area contributed by atoms with Gasteiger partial charge in [0.05, 0.1) is 6.54 Å². The van der Waals surface area contributed by atoms with Crippen LogP contribution in [0.5, 0.6) is 0 Å². The van der Waals surface area contributed by atoms with E-state index in [0.29, 0.717) is 18.7 Å². The fourth-order valence-corrected chi connectivity index (χ4v) is 4.61. The van der Waals surface area contributed by atoms with Gasteiger partial charge in [0.15, 0.2) is 0 Å². The first kappa shape index (κ1) is 22.1. The molecule has 1 saturated carbocycles. The van der Waals surface area contributed by atoms with E-state index in [-0.39, 0.29) is 17.6 Å². The number of aromatic nitrogens is 1. The van der Waals surface area contributed by atoms with E-state index < -0.39 is 0 Å². The summed E-state index contributed by atoms with van der Waals surface area (Å²) in [7, 11) is 0. The molecule has 2 amide bonds. The average Bonchev–Trinajstić information content (AvgIpc) is 2.78. The Morgan fingerprint density at radius 3 is 2.59 bits per heavy atom. The molecule has 0 saturated heterocycles. The predicted octanol–water partition coefficient (Wildman–Crippen LogP) is 5.23. The van der Waals surface area contributed by atoms with Gasteiger partial charge < -0.3 is 15.2 Å². The monoisotopic (exact) mass is 431 g/mol. The van der Waals surface area contributed by atoms with Gasteiger partial charge in [-0.05, 0) is 67.8 Å². The lowest BCUT2D eigenvalue weighted by Gasteiger charge is -2.28. The predicted molar refractivity (Wildman–Crippen MR) is 130 cm³/mol. The third-order valence-corrected chi connectivity index (χ3v) is 6.57. The first-order valence-electron chi connectivity index (χ1n) is 11.7. The summed E-state index contributed by atoms with van der Waals surface area (Å²) < 4.78 is 0. The van der Waals surface area contributed by atoms with E-state index in [1.807, 2.05) is 37.3 Å². The minimum atomic E-state index is -0.132. The van der Waals surface area contributed by atoms with Gasteiger partial charge in [0.25, 0.3) is 5.56 Å². The number of urea groups is 1. The summed E-state index contributed by atoms with van der Waals surface area (Å²) in [5.74, 6) is 0. The molecule has 0 radical (unpaired) electrons. The van der Waals surface area contributed by atoms with E-state index in [1.165, 1.54) is 17.5 Å². The number of aryl methyl sites for hydroxylation is 2. The van der Waals surface area contributed by atoms with Crippen molar-refractivity contribution in [3.63, 3.8) is 0 Å². The molecule has 3 aromatic rings. The summed E-state index contributed by atoms with van der Waals surface area (Å²) in [6, 6.07) is 16.3. The number of benzene rings is 2. The third kappa shape index (κ3) is 5.39. The maximum Gasteiger partial charge on any atom is 0.317 e. The molecule has 32 heavy (non-hydrogen) atoms. The van der Waals surface area contributed by atoms with Gasteiger partial charge in [-0.15, -0.1) is 0 Å². The van der Waals surface area contributed by atoms with Gasteiger partial charge in [-0.1, -0.05) is 55.2 Å². The Morgan fingerprint density at radius 1 is 1.03 bits per heavy atom. The van der Waals surface area contributed by atoms with Crippen LogP contribution in [0.2, 0.25) is 0 Å². The van der Waals surface area contributed by atoms with Crippen LogP contribution in [0, 0.1) is 13.8 Å². The molecule has 0 atom stereocenters. The van der Waals surface area contributed by atoms with Crippen LogP contribution < -0.4 is 10.9 Å². The van der Waals surface area contributed by atoms with Gasteiger partial charge in [-0.3, -0.25) is 4.79 Å². The van der Waals surface area contributed by atoms with E-state index in [2.05, 4.69) is 35.4 Å². The van der Waals surface area contributed by atoms with Gasteiger partial charge in [-0.2, -0.15) is 0 Å². The number of carbonyl (C=O) groups excluding carboxylic acids is 1. The van der Waals surface area contributed by atoms with Gasteiger partial charge in [0, 0.05) is 23.7 Å². The molecule has 0 aliphatic heterocycles. The van der Waals surface area contributed by atoms with Gasteiger partial charge in [0.2, 0.25) is 0 Å². The fraction of sp³-hybridized carbons (Fsp3) is 0.407. The molecule has 0 unspecified atom stereocenters. The number of H-pyrrole nitrogens is 1. The molecule has 0 spiro atoms. The number of nitrogens with one attached hydrogen (secondary N) is 2. The zero-order chi connectivity index (χ0) is 22.5. The fourth-order valence-electron chi connectivity index (χ4n) is 4.61. The minimum Gasteiger partial charge on any atom is -0.335 e. The summed E-state index contributed by atoms with van der Waals surface area (Å²) in [6.45, 7) is 4.99. The second-order valence-corrected chi connectivity index (χ2v) is 9.10. The van der Waals surface area contributed by atoms with Crippen LogP contribution >= 0.6 is 0 Å². The van der Waals surface area contributed by atoms with Crippen molar-refractivity contribution in [2.75, 3.05) is 6.54 Å². The van der Waals surface area contributed by atoms with Crippen molar-refractivity contribution in [2.45, 2.75) is 65.0 Å². The number of nitrogens with zero attached hydrogens (tertiary/aromatic N) is 1. The Morgan fingerprint density at radius 2 is 1.81 bits per heavy atom. The van der Waals surface area contributed by atoms with Gasteiger partial charge in [-0.25, -0.2) is 4.79 Å². The summed E-state index contributed by atoms with van der Waals surface area (Å²) in [5.41, 5.74) is 4.90. The topological polar surface area (TPSA) is 65.2 Å². The maximum atomic E-state index is 13.3. The van der Waals surface area contributed by atoms with Crippen molar-refractivity contribution in [3.05, 3.63) is 81.1 Å². The highest BCUT2D eigenvalue weighted by Gasteiger charge is 2.21. The molecule has 4 rings (SSSR count). The van der Waals surface area contributed by atoms with Crippen LogP contribution in [-0.2, 0) is 13.0 Å². The molecule has 1 fully saturated rings. The summed E-state index contributed by atoms with van der Waals surface area (Å²) >= 11 is 0. The Hall–Kier alpha value is -3.08. The van der Waals surface area contributed by atoms with E-state index in [0.717, 1.165) is 48.6 Å². The molecule has 5 nitrogen and oxygen atoms in total. The largest absolute Gasteiger partial charge is 0.335 e. The van der Waals surface area contributed by atoms with Gasteiger partial charge >= 0.3 is 6.03 Å². The second kappa shape index (κ2) is 10.0. The highest BCUT2D eigenvalue weighted by atomic mass is 16.2. The second-order valence-electron chi connectivity index (χ2n) is 9.10. The quantitative estimate of drug-likeness (QED) is 0.561. The highest BCUT2D eigenvalue weighted by Crippen LogP contribution is 2.19. The van der Waals surface area contributed by atoms with Gasteiger partial charge in [0.1, 0.15) is 0 Å². The molecule has 2 aromatic carbocycles. The van der Waals surface area contributed by atoms with E-state index >= 15 is 0 Å². The zero-order valence-electron chi connectivity index (χ0n) is 19.1. The molecule has 1 heterocycles. The number of amides is 2. The van der Waals surface area contributed by atoms with Crippen LogP contribution in [0.1, 0.15) is 54.4 Å². The highest BCUT2D eigenvalue weighted by molar-refractivity contribution is 5.80. The number of rotatable bonds is 6. The number of fused-ring (bicyclic) bond motifs is 1. The Balaban J connectivity index is 1.56. The van der Waals surface area contributed by atoms with E-state index in [1.54, 1.807) is 4.90 Å². The Labute approximate surface area is 189 Å². The third-order valence-electron chi connectivity index (χ3n) is 6.57. The molecule has 0 bridgehead atoms. The number of aromatic amines is 1. The van der Waals surface area contributed by atoms with Crippen molar-refractivity contribution in [1.29, 1.82) is 0 Å². The lowest BCUT2D eigenvalue weighted by atomic mass is 9.96. The maximum absolute atomic E-state index is 13.3. The first-order valence-corrected chi connectivity index (χ1v) is 11.7. The van der Waals surface area contributed by atoms with Crippen molar-refractivity contribution in [2.24, 2.45) is 0 Å². The Bertz CT molecular complexity index is 1150. The van der Waals surface area contributed by atoms with Crippen LogP contribution in [0.4, 0.5) is 4.79 Å². The standard InChI is InChI=1S/C27H33N3O2/c1-19-12-13-25-22(16-19)17-23(26(31)29-25)18-30(15-14-21-9-7-6-8-20(21)2)27(32)28-24-10-4-3-5-11-24/h6-9,12-13,16-17,24H,3-5,10-11,14-15,18H2,1-2H3,(H,28,32)(H,29,31). The molecule has 168 valence electrons. The van der Waals surface area contributed by atoms with Crippen molar-refractivity contribution in [3.8, 4) is 0 Å². The average molecular weight is 432 g/mol. The molecule has 1 aromatic heterocycles. The summed E-state index contributed by atoms with van der Waals surface area (Å²) in [5, 5.41) is 4.22. The minimum absolute atomic E-state index is 0.0748. The number of hydrogen-bond acceptors (Lipinski definition) is 2. The molecule has 5 heteroatoms. The number of pyridine rings is 1. The van der Waals surface area contributed by atoms with E-state index in [9.17, 15) is 9.59 Å². The molecule has 1 aliphatic rings. The van der Waals surface area contributed by atoms with Crippen LogP contribution in [0.25, 0.3) is 10.9 Å². The number of hydrogen-bond donors (Lipinski definition) is 2. The first-order chi connectivity index (χ1) is 15.5. The smallest absolute Gasteiger partial charge is 0.317 e. The lowest BCUT2D eigenvalue weighted by Crippen LogP contribution is -2.46. The zero-order valence-corrected chi connectivity index (χ0v) is 19.1.